The van der Waals surface area contributed by atoms with E-state index in [1.54, 1.807) is 0 Å². The van der Waals surface area contributed by atoms with Gasteiger partial charge in [0.2, 0.25) is 15.9 Å². The van der Waals surface area contributed by atoms with Gasteiger partial charge in [-0.25, -0.2) is 13.1 Å². The van der Waals surface area contributed by atoms with E-state index in [2.05, 4.69) is 23.9 Å². The summed E-state index contributed by atoms with van der Waals surface area (Å²) in [6, 6.07) is 6.78. The predicted molar refractivity (Wildman–Crippen MR) is 95.2 cm³/mol. The predicted octanol–water partition coefficient (Wildman–Crippen LogP) is 1.29. The third-order valence-corrected chi connectivity index (χ3v) is 4.09. The van der Waals surface area contributed by atoms with Crippen molar-refractivity contribution in [1.29, 1.82) is 0 Å². The molecule has 1 aromatic carbocycles. The van der Waals surface area contributed by atoms with Gasteiger partial charge in [-0.15, -0.1) is 12.4 Å². The van der Waals surface area contributed by atoms with Crippen molar-refractivity contribution in [2.45, 2.75) is 38.8 Å². The van der Waals surface area contributed by atoms with Crippen molar-refractivity contribution in [3.05, 3.63) is 35.4 Å². The van der Waals surface area contributed by atoms with Crippen LogP contribution >= 0.6 is 12.4 Å². The maximum atomic E-state index is 11.8. The van der Waals surface area contributed by atoms with E-state index in [1.165, 1.54) is 12.5 Å². The molecule has 0 aliphatic heterocycles. The first-order chi connectivity index (χ1) is 10.1. The molecule has 0 heterocycles. The highest BCUT2D eigenvalue weighted by molar-refractivity contribution is 7.88. The molecule has 1 amide bonds. The molecule has 0 fully saturated rings. The number of rotatable bonds is 7. The number of nitrogens with one attached hydrogen (secondary N) is 2. The molecule has 6 nitrogen and oxygen atoms in total. The van der Waals surface area contributed by atoms with Crippen LogP contribution in [0.25, 0.3) is 0 Å². The van der Waals surface area contributed by atoms with Crippen molar-refractivity contribution >= 4 is 28.3 Å². The van der Waals surface area contributed by atoms with Crippen molar-refractivity contribution in [2.24, 2.45) is 5.73 Å². The van der Waals surface area contributed by atoms with E-state index in [9.17, 15) is 13.2 Å². The van der Waals surface area contributed by atoms with Gasteiger partial charge in [-0.3, -0.25) is 4.79 Å². The maximum Gasteiger partial charge on any atom is 0.237 e. The SMILES string of the molecule is CC(NS(C)(=O)=O)C(=O)NCC(N)c1ccc(C(C)C)cc1.Cl. The zero-order chi connectivity index (χ0) is 16.9. The van der Waals surface area contributed by atoms with Crippen LogP contribution in [0.3, 0.4) is 0 Å². The zero-order valence-corrected chi connectivity index (χ0v) is 15.5. The molecule has 1 rings (SSSR count). The smallest absolute Gasteiger partial charge is 0.237 e. The highest BCUT2D eigenvalue weighted by Crippen LogP contribution is 2.17. The summed E-state index contributed by atoms with van der Waals surface area (Å²) in [5, 5.41) is 2.65. The van der Waals surface area contributed by atoms with Crippen LogP contribution in [0.1, 0.15) is 43.9 Å². The van der Waals surface area contributed by atoms with Gasteiger partial charge in [-0.05, 0) is 24.0 Å². The highest BCUT2D eigenvalue weighted by atomic mass is 35.5. The number of hydrogen-bond acceptors (Lipinski definition) is 4. The molecule has 2 atom stereocenters. The zero-order valence-electron chi connectivity index (χ0n) is 13.9. The summed E-state index contributed by atoms with van der Waals surface area (Å²) in [6.07, 6.45) is 1.01. The second-order valence-electron chi connectivity index (χ2n) is 5.78. The first-order valence-electron chi connectivity index (χ1n) is 7.20. The van der Waals surface area contributed by atoms with E-state index in [0.29, 0.717) is 5.92 Å². The molecule has 132 valence electrons. The van der Waals surface area contributed by atoms with E-state index in [-0.39, 0.29) is 25.0 Å². The molecule has 0 bridgehead atoms. The Hall–Kier alpha value is -1.15. The topological polar surface area (TPSA) is 101 Å². The van der Waals surface area contributed by atoms with E-state index in [0.717, 1.165) is 11.8 Å². The lowest BCUT2D eigenvalue weighted by Crippen LogP contribution is -2.46. The number of nitrogens with two attached hydrogens (primary N) is 1. The summed E-state index contributed by atoms with van der Waals surface area (Å²) in [6.45, 7) is 5.96. The molecular weight excluding hydrogens is 338 g/mol. The standard InChI is InChI=1S/C15H25N3O3S.ClH/c1-10(2)12-5-7-13(8-6-12)14(16)9-17-15(19)11(3)18-22(4,20)21;/h5-8,10-11,14,18H,9,16H2,1-4H3,(H,17,19);1H. The van der Waals surface area contributed by atoms with Crippen molar-refractivity contribution in [3.8, 4) is 0 Å². The Balaban J connectivity index is 0.00000484. The third kappa shape index (κ3) is 7.78. The Morgan fingerprint density at radius 2 is 1.61 bits per heavy atom. The first-order valence-corrected chi connectivity index (χ1v) is 9.09. The van der Waals surface area contributed by atoms with Crippen LogP contribution < -0.4 is 15.8 Å². The molecule has 0 saturated heterocycles. The van der Waals surface area contributed by atoms with Crippen LogP contribution in [-0.4, -0.2) is 33.2 Å². The van der Waals surface area contributed by atoms with Crippen molar-refractivity contribution in [1.82, 2.24) is 10.0 Å². The molecular formula is C15H26ClN3O3S. The highest BCUT2D eigenvalue weighted by Gasteiger charge is 2.17. The lowest BCUT2D eigenvalue weighted by molar-refractivity contribution is -0.122. The van der Waals surface area contributed by atoms with Gasteiger partial charge in [0.1, 0.15) is 0 Å². The van der Waals surface area contributed by atoms with E-state index in [1.807, 2.05) is 24.3 Å². The van der Waals surface area contributed by atoms with Crippen LogP contribution in [0, 0.1) is 0 Å². The molecule has 2 unspecified atom stereocenters. The fourth-order valence-corrected chi connectivity index (χ4v) is 2.73. The minimum Gasteiger partial charge on any atom is -0.353 e. The molecule has 0 aliphatic carbocycles. The Labute approximate surface area is 144 Å². The summed E-state index contributed by atoms with van der Waals surface area (Å²) in [5.41, 5.74) is 8.20. The van der Waals surface area contributed by atoms with Gasteiger partial charge in [0.05, 0.1) is 12.3 Å². The van der Waals surface area contributed by atoms with Crippen LogP contribution in [0.5, 0.6) is 0 Å². The Morgan fingerprint density at radius 1 is 1.13 bits per heavy atom. The molecule has 0 saturated carbocycles. The summed E-state index contributed by atoms with van der Waals surface area (Å²) >= 11 is 0. The average Bonchev–Trinajstić information content (AvgIpc) is 2.42. The van der Waals surface area contributed by atoms with Crippen LogP contribution in [0.2, 0.25) is 0 Å². The molecule has 0 aromatic heterocycles. The van der Waals surface area contributed by atoms with E-state index < -0.39 is 22.0 Å². The van der Waals surface area contributed by atoms with Gasteiger partial charge in [-0.1, -0.05) is 38.1 Å². The van der Waals surface area contributed by atoms with Gasteiger partial charge < -0.3 is 11.1 Å². The first kappa shape index (κ1) is 21.9. The molecule has 0 aliphatic rings. The number of halogens is 1. The van der Waals surface area contributed by atoms with E-state index >= 15 is 0 Å². The lowest BCUT2D eigenvalue weighted by atomic mass is 9.99. The minimum absolute atomic E-state index is 0. The second kappa shape index (κ2) is 9.22. The Morgan fingerprint density at radius 3 is 2.04 bits per heavy atom. The van der Waals surface area contributed by atoms with Crippen molar-refractivity contribution in [2.75, 3.05) is 12.8 Å². The molecule has 4 N–H and O–H groups in total. The van der Waals surface area contributed by atoms with Crippen LogP contribution in [0.4, 0.5) is 0 Å². The number of benzene rings is 1. The van der Waals surface area contributed by atoms with Crippen LogP contribution in [-0.2, 0) is 14.8 Å². The minimum atomic E-state index is -3.41. The van der Waals surface area contributed by atoms with Gasteiger partial charge in [0.25, 0.3) is 0 Å². The quantitative estimate of drug-likeness (QED) is 0.679. The molecule has 0 radical (unpaired) electrons. The molecule has 8 heteroatoms. The number of sulfonamides is 1. The van der Waals surface area contributed by atoms with Gasteiger partial charge in [0.15, 0.2) is 0 Å². The number of hydrogen-bond donors (Lipinski definition) is 3. The molecule has 23 heavy (non-hydrogen) atoms. The normalized spacial score (nSPS) is 14.0. The lowest BCUT2D eigenvalue weighted by Gasteiger charge is -2.17. The number of carbonyl (C=O) groups excluding carboxylic acids is 1. The monoisotopic (exact) mass is 363 g/mol. The molecule has 1 aromatic rings. The van der Waals surface area contributed by atoms with Gasteiger partial charge >= 0.3 is 0 Å². The van der Waals surface area contributed by atoms with E-state index in [4.69, 9.17) is 5.73 Å². The summed E-state index contributed by atoms with van der Waals surface area (Å²) in [5.74, 6) is 0.0487. The fraction of sp³-hybridized carbons (Fsp3) is 0.533. The largest absolute Gasteiger partial charge is 0.353 e. The second-order valence-corrected chi connectivity index (χ2v) is 7.56. The summed E-state index contributed by atoms with van der Waals surface area (Å²) < 4.78 is 24.4. The fourth-order valence-electron chi connectivity index (χ4n) is 1.98. The number of carbonyl (C=O) groups is 1. The maximum absolute atomic E-state index is 11.8. The van der Waals surface area contributed by atoms with Gasteiger partial charge in [0, 0.05) is 12.6 Å². The van der Waals surface area contributed by atoms with Crippen molar-refractivity contribution < 1.29 is 13.2 Å². The summed E-state index contributed by atoms with van der Waals surface area (Å²) in [7, 11) is -3.41. The van der Waals surface area contributed by atoms with Gasteiger partial charge in [-0.2, -0.15) is 0 Å². The molecule has 0 spiro atoms. The average molecular weight is 364 g/mol. The third-order valence-electron chi connectivity index (χ3n) is 3.31. The van der Waals surface area contributed by atoms with Crippen LogP contribution in [0.15, 0.2) is 24.3 Å². The van der Waals surface area contributed by atoms with Crippen molar-refractivity contribution in [3.63, 3.8) is 0 Å². The number of amides is 1. The Bertz CT molecular complexity index is 603. The summed E-state index contributed by atoms with van der Waals surface area (Å²) in [4.78, 5) is 11.8. The Kier molecular flexibility index (Phi) is 8.76.